The summed E-state index contributed by atoms with van der Waals surface area (Å²) in [5.41, 5.74) is 3.32. The normalized spacial score (nSPS) is 15.9. The van der Waals surface area contributed by atoms with Crippen LogP contribution in [0.15, 0.2) is 48.5 Å². The van der Waals surface area contributed by atoms with Crippen LogP contribution in [0, 0.1) is 0 Å². The third-order valence-corrected chi connectivity index (χ3v) is 4.97. The zero-order valence-corrected chi connectivity index (χ0v) is 17.0. The second-order valence-corrected chi connectivity index (χ2v) is 7.57. The first kappa shape index (κ1) is 20.9. The van der Waals surface area contributed by atoms with Crippen molar-refractivity contribution in [1.29, 1.82) is 0 Å². The second kappa shape index (κ2) is 10.1. The summed E-state index contributed by atoms with van der Waals surface area (Å²) >= 11 is 0. The number of carbonyl (C=O) groups is 2. The van der Waals surface area contributed by atoms with Crippen LogP contribution in [-0.4, -0.2) is 37.6 Å². The summed E-state index contributed by atoms with van der Waals surface area (Å²) in [5, 5.41) is 8.95. The number of benzene rings is 2. The van der Waals surface area contributed by atoms with E-state index in [1.54, 1.807) is 24.3 Å². The number of para-hydroxylation sites is 1. The number of hydrogen-bond acceptors (Lipinski definition) is 4. The van der Waals surface area contributed by atoms with Gasteiger partial charge in [0.2, 0.25) is 5.91 Å². The Labute approximate surface area is 172 Å². The molecule has 6 heteroatoms. The Morgan fingerprint density at radius 1 is 1.10 bits per heavy atom. The molecule has 0 bridgehead atoms. The average Bonchev–Trinajstić information content (AvgIpc) is 3.25. The Morgan fingerprint density at radius 3 is 2.55 bits per heavy atom. The van der Waals surface area contributed by atoms with E-state index in [9.17, 15) is 9.59 Å². The van der Waals surface area contributed by atoms with Crippen LogP contribution >= 0.6 is 0 Å². The number of amides is 2. The summed E-state index contributed by atoms with van der Waals surface area (Å²) in [7, 11) is 0. The maximum Gasteiger partial charge on any atom is 0.251 e. The summed E-state index contributed by atoms with van der Waals surface area (Å²) in [6, 6.07) is 14.9. The van der Waals surface area contributed by atoms with Crippen molar-refractivity contribution >= 4 is 23.2 Å². The molecule has 3 N–H and O–H groups in total. The van der Waals surface area contributed by atoms with Crippen LogP contribution in [0.2, 0.25) is 0 Å². The Balaban J connectivity index is 1.47. The predicted octanol–water partition coefficient (Wildman–Crippen LogP) is 3.77. The first-order valence-corrected chi connectivity index (χ1v) is 10.2. The van der Waals surface area contributed by atoms with Crippen LogP contribution in [0.1, 0.15) is 48.5 Å². The van der Waals surface area contributed by atoms with Crippen molar-refractivity contribution in [2.24, 2.45) is 0 Å². The van der Waals surface area contributed by atoms with Gasteiger partial charge >= 0.3 is 0 Å². The van der Waals surface area contributed by atoms with Crippen LogP contribution in [0.5, 0.6) is 0 Å². The van der Waals surface area contributed by atoms with Gasteiger partial charge < -0.3 is 20.7 Å². The molecule has 3 rings (SSSR count). The van der Waals surface area contributed by atoms with E-state index in [2.05, 4.69) is 29.8 Å². The molecule has 0 radical (unpaired) electrons. The number of ether oxygens (including phenoxy) is 1. The monoisotopic (exact) mass is 395 g/mol. The van der Waals surface area contributed by atoms with Crippen molar-refractivity contribution in [2.75, 3.05) is 30.3 Å². The molecule has 29 heavy (non-hydrogen) atoms. The number of hydrogen-bond donors (Lipinski definition) is 3. The minimum atomic E-state index is -0.116. The van der Waals surface area contributed by atoms with Gasteiger partial charge in [-0.1, -0.05) is 32.0 Å². The van der Waals surface area contributed by atoms with E-state index >= 15 is 0 Å². The van der Waals surface area contributed by atoms with E-state index in [4.69, 9.17) is 4.74 Å². The molecule has 2 aromatic rings. The van der Waals surface area contributed by atoms with Crippen LogP contribution in [-0.2, 0) is 9.53 Å². The molecule has 0 saturated carbocycles. The van der Waals surface area contributed by atoms with Crippen molar-refractivity contribution < 1.29 is 14.3 Å². The molecule has 154 valence electrons. The summed E-state index contributed by atoms with van der Waals surface area (Å²) in [6.45, 7) is 5.66. The van der Waals surface area contributed by atoms with Crippen LogP contribution in [0.4, 0.5) is 11.4 Å². The van der Waals surface area contributed by atoms with Gasteiger partial charge in [-0.25, -0.2) is 0 Å². The number of rotatable bonds is 8. The second-order valence-electron chi connectivity index (χ2n) is 7.57. The highest BCUT2D eigenvalue weighted by Crippen LogP contribution is 2.23. The molecule has 2 amide bonds. The molecule has 2 aromatic carbocycles. The van der Waals surface area contributed by atoms with Gasteiger partial charge in [-0.15, -0.1) is 0 Å². The van der Waals surface area contributed by atoms with Gasteiger partial charge in [0.25, 0.3) is 5.91 Å². The first-order chi connectivity index (χ1) is 14.0. The maximum atomic E-state index is 12.3. The standard InChI is InChI=1S/C23H29N3O3/c1-16(2)20-7-3-4-8-21(20)26-22(27)15-24-18-11-9-17(10-12-18)23(28)25-14-19-6-5-13-29-19/h3-4,7-12,16,19,24H,5-6,13-15H2,1-2H3,(H,25,28)(H,26,27). The fourth-order valence-electron chi connectivity index (χ4n) is 3.34. The highest BCUT2D eigenvalue weighted by molar-refractivity contribution is 5.95. The van der Waals surface area contributed by atoms with Crippen LogP contribution < -0.4 is 16.0 Å². The Morgan fingerprint density at radius 2 is 1.86 bits per heavy atom. The molecule has 0 aromatic heterocycles. The van der Waals surface area contributed by atoms with Gasteiger partial charge in [0, 0.05) is 30.1 Å². The molecule has 1 aliphatic rings. The van der Waals surface area contributed by atoms with E-state index in [0.29, 0.717) is 18.0 Å². The van der Waals surface area contributed by atoms with Gasteiger partial charge in [0.15, 0.2) is 0 Å². The third kappa shape index (κ3) is 6.06. The molecule has 1 atom stereocenters. The first-order valence-electron chi connectivity index (χ1n) is 10.2. The maximum absolute atomic E-state index is 12.3. The zero-order valence-electron chi connectivity index (χ0n) is 17.0. The number of anilines is 2. The summed E-state index contributed by atoms with van der Waals surface area (Å²) < 4.78 is 5.51. The molecular formula is C23H29N3O3. The lowest BCUT2D eigenvalue weighted by atomic mass is 10.0. The lowest BCUT2D eigenvalue weighted by Gasteiger charge is -2.14. The average molecular weight is 396 g/mol. The SMILES string of the molecule is CC(C)c1ccccc1NC(=O)CNc1ccc(C(=O)NCC2CCCO2)cc1. The highest BCUT2D eigenvalue weighted by atomic mass is 16.5. The van der Waals surface area contributed by atoms with Crippen molar-refractivity contribution in [3.8, 4) is 0 Å². The van der Waals surface area contributed by atoms with Crippen molar-refractivity contribution in [1.82, 2.24) is 5.32 Å². The number of carbonyl (C=O) groups excluding carboxylic acids is 2. The summed E-state index contributed by atoms with van der Waals surface area (Å²) in [5.74, 6) is 0.102. The third-order valence-electron chi connectivity index (χ3n) is 4.97. The highest BCUT2D eigenvalue weighted by Gasteiger charge is 2.16. The topological polar surface area (TPSA) is 79.5 Å². The quantitative estimate of drug-likeness (QED) is 0.636. The van der Waals surface area contributed by atoms with Crippen LogP contribution in [0.3, 0.4) is 0 Å². The van der Waals surface area contributed by atoms with E-state index in [1.165, 1.54) is 0 Å². The van der Waals surface area contributed by atoms with E-state index < -0.39 is 0 Å². The molecule has 1 fully saturated rings. The molecule has 1 aliphatic heterocycles. The lowest BCUT2D eigenvalue weighted by molar-refractivity contribution is -0.114. The minimum Gasteiger partial charge on any atom is -0.376 e. The Bertz CT molecular complexity index is 828. The van der Waals surface area contributed by atoms with E-state index in [1.807, 2.05) is 24.3 Å². The minimum absolute atomic E-state index is 0.114. The molecule has 1 unspecified atom stereocenters. The Kier molecular flexibility index (Phi) is 7.25. The fourth-order valence-corrected chi connectivity index (χ4v) is 3.34. The van der Waals surface area contributed by atoms with Gasteiger partial charge in [-0.2, -0.15) is 0 Å². The van der Waals surface area contributed by atoms with Gasteiger partial charge in [-0.3, -0.25) is 9.59 Å². The van der Waals surface area contributed by atoms with Gasteiger partial charge in [-0.05, 0) is 54.7 Å². The van der Waals surface area contributed by atoms with Crippen molar-refractivity contribution in [3.63, 3.8) is 0 Å². The molecule has 6 nitrogen and oxygen atoms in total. The lowest BCUT2D eigenvalue weighted by Crippen LogP contribution is -2.31. The predicted molar refractivity (Wildman–Crippen MR) is 115 cm³/mol. The van der Waals surface area contributed by atoms with Gasteiger partial charge in [0.05, 0.1) is 12.6 Å². The van der Waals surface area contributed by atoms with Crippen LogP contribution in [0.25, 0.3) is 0 Å². The van der Waals surface area contributed by atoms with E-state index in [0.717, 1.165) is 36.4 Å². The summed E-state index contributed by atoms with van der Waals surface area (Å²) in [4.78, 5) is 24.5. The molecule has 0 aliphatic carbocycles. The number of nitrogens with one attached hydrogen (secondary N) is 3. The Hall–Kier alpha value is -2.86. The molecule has 0 spiro atoms. The van der Waals surface area contributed by atoms with Crippen molar-refractivity contribution in [2.45, 2.75) is 38.7 Å². The smallest absolute Gasteiger partial charge is 0.251 e. The van der Waals surface area contributed by atoms with Crippen molar-refractivity contribution in [3.05, 3.63) is 59.7 Å². The molecule has 1 saturated heterocycles. The van der Waals surface area contributed by atoms with E-state index in [-0.39, 0.29) is 24.5 Å². The van der Waals surface area contributed by atoms with Gasteiger partial charge in [0.1, 0.15) is 0 Å². The molecule has 1 heterocycles. The molecular weight excluding hydrogens is 366 g/mol. The zero-order chi connectivity index (χ0) is 20.6. The largest absolute Gasteiger partial charge is 0.376 e. The fraction of sp³-hybridized carbons (Fsp3) is 0.391. The summed E-state index contributed by atoms with van der Waals surface area (Å²) in [6.07, 6.45) is 2.17.